The van der Waals surface area contributed by atoms with Crippen molar-refractivity contribution in [2.75, 3.05) is 18.6 Å². The Labute approximate surface area is 142 Å². The molecule has 0 N–H and O–H groups in total. The summed E-state index contributed by atoms with van der Waals surface area (Å²) in [5.41, 5.74) is 5.79. The lowest BCUT2D eigenvalue weighted by Gasteiger charge is -2.19. The molecule has 0 atom stereocenters. The standard InChI is InChI=1S/C20H21NO3/c1-13-11-16(20(23)24-3)6-8-17(13)15-7-9-18(14(2)12-15)21-10-4-5-19(21)22/h6-9,11-12H,4-5,10H2,1-3H3. The Kier molecular flexibility index (Phi) is 4.38. The first-order valence-electron chi connectivity index (χ1n) is 8.11. The van der Waals surface area contributed by atoms with Gasteiger partial charge in [-0.05, 0) is 66.8 Å². The molecule has 0 unspecified atom stereocenters. The van der Waals surface area contributed by atoms with Crippen molar-refractivity contribution in [3.05, 3.63) is 53.1 Å². The third-order valence-corrected chi connectivity index (χ3v) is 4.52. The Hall–Kier alpha value is -2.62. The number of amides is 1. The molecule has 1 aliphatic rings. The number of anilines is 1. The molecule has 1 amide bonds. The van der Waals surface area contributed by atoms with E-state index in [9.17, 15) is 9.59 Å². The summed E-state index contributed by atoms with van der Waals surface area (Å²) in [5, 5.41) is 0. The van der Waals surface area contributed by atoms with E-state index in [2.05, 4.69) is 6.07 Å². The molecule has 1 fully saturated rings. The van der Waals surface area contributed by atoms with E-state index in [1.807, 2.05) is 43.0 Å². The van der Waals surface area contributed by atoms with E-state index in [0.717, 1.165) is 40.9 Å². The average molecular weight is 323 g/mol. The summed E-state index contributed by atoms with van der Waals surface area (Å²) < 4.78 is 4.76. The molecule has 3 rings (SSSR count). The van der Waals surface area contributed by atoms with E-state index >= 15 is 0 Å². The second-order valence-electron chi connectivity index (χ2n) is 6.17. The maximum absolute atomic E-state index is 11.9. The van der Waals surface area contributed by atoms with Crippen LogP contribution >= 0.6 is 0 Å². The smallest absolute Gasteiger partial charge is 0.337 e. The minimum absolute atomic E-state index is 0.199. The summed E-state index contributed by atoms with van der Waals surface area (Å²) in [6.45, 7) is 4.81. The number of hydrogen-bond acceptors (Lipinski definition) is 3. The predicted octanol–water partition coefficient (Wildman–Crippen LogP) is 3.88. The number of nitrogens with zero attached hydrogens (tertiary/aromatic N) is 1. The zero-order chi connectivity index (χ0) is 17.3. The van der Waals surface area contributed by atoms with Crippen LogP contribution in [-0.4, -0.2) is 25.5 Å². The maximum atomic E-state index is 11.9. The lowest BCUT2D eigenvalue weighted by molar-refractivity contribution is -0.117. The normalized spacial score (nSPS) is 14.1. The lowest BCUT2D eigenvalue weighted by atomic mass is 9.96. The van der Waals surface area contributed by atoms with E-state index in [1.54, 1.807) is 6.07 Å². The summed E-state index contributed by atoms with van der Waals surface area (Å²) in [7, 11) is 1.38. The van der Waals surface area contributed by atoms with E-state index in [4.69, 9.17) is 4.74 Å². The second-order valence-corrected chi connectivity index (χ2v) is 6.17. The van der Waals surface area contributed by atoms with Gasteiger partial charge in [-0.25, -0.2) is 4.79 Å². The number of benzene rings is 2. The predicted molar refractivity (Wildman–Crippen MR) is 94.3 cm³/mol. The monoisotopic (exact) mass is 323 g/mol. The molecule has 24 heavy (non-hydrogen) atoms. The fourth-order valence-electron chi connectivity index (χ4n) is 3.26. The van der Waals surface area contributed by atoms with Crippen molar-refractivity contribution in [2.24, 2.45) is 0 Å². The highest BCUT2D eigenvalue weighted by atomic mass is 16.5. The summed E-state index contributed by atoms with van der Waals surface area (Å²) in [6.07, 6.45) is 1.56. The van der Waals surface area contributed by atoms with Gasteiger partial charge in [0.15, 0.2) is 0 Å². The van der Waals surface area contributed by atoms with Gasteiger partial charge in [-0.1, -0.05) is 12.1 Å². The second kappa shape index (κ2) is 6.48. The molecular weight excluding hydrogens is 302 g/mol. The lowest BCUT2D eigenvalue weighted by Crippen LogP contribution is -2.24. The van der Waals surface area contributed by atoms with Crippen LogP contribution in [0.5, 0.6) is 0 Å². The number of methoxy groups -OCH3 is 1. The van der Waals surface area contributed by atoms with E-state index in [1.165, 1.54) is 7.11 Å². The van der Waals surface area contributed by atoms with Gasteiger partial charge in [0.2, 0.25) is 5.91 Å². The van der Waals surface area contributed by atoms with Crippen molar-refractivity contribution in [3.63, 3.8) is 0 Å². The van der Waals surface area contributed by atoms with Gasteiger partial charge >= 0.3 is 5.97 Å². The molecule has 124 valence electrons. The number of aryl methyl sites for hydroxylation is 2. The van der Waals surface area contributed by atoms with Crippen molar-refractivity contribution in [1.29, 1.82) is 0 Å². The van der Waals surface area contributed by atoms with Crippen LogP contribution in [0.15, 0.2) is 36.4 Å². The molecule has 0 saturated carbocycles. The molecule has 1 saturated heterocycles. The Bertz CT molecular complexity index is 811. The van der Waals surface area contributed by atoms with E-state index < -0.39 is 0 Å². The van der Waals surface area contributed by atoms with Crippen LogP contribution in [0.3, 0.4) is 0 Å². The highest BCUT2D eigenvalue weighted by Gasteiger charge is 2.23. The Morgan fingerprint density at radius 3 is 2.46 bits per heavy atom. The van der Waals surface area contributed by atoms with Crippen molar-refractivity contribution in [3.8, 4) is 11.1 Å². The van der Waals surface area contributed by atoms with Crippen LogP contribution in [0.4, 0.5) is 5.69 Å². The van der Waals surface area contributed by atoms with Gasteiger partial charge in [-0.3, -0.25) is 4.79 Å². The molecule has 4 nitrogen and oxygen atoms in total. The summed E-state index contributed by atoms with van der Waals surface area (Å²) in [4.78, 5) is 25.4. The van der Waals surface area contributed by atoms with Crippen LogP contribution in [0.25, 0.3) is 11.1 Å². The van der Waals surface area contributed by atoms with Gasteiger partial charge in [0.25, 0.3) is 0 Å². The van der Waals surface area contributed by atoms with Crippen molar-refractivity contribution >= 4 is 17.6 Å². The van der Waals surface area contributed by atoms with Crippen LogP contribution < -0.4 is 4.90 Å². The first-order chi connectivity index (χ1) is 11.5. The Morgan fingerprint density at radius 1 is 1.08 bits per heavy atom. The van der Waals surface area contributed by atoms with Crippen LogP contribution in [0.1, 0.15) is 34.3 Å². The first-order valence-corrected chi connectivity index (χ1v) is 8.11. The van der Waals surface area contributed by atoms with E-state index in [-0.39, 0.29) is 11.9 Å². The fourth-order valence-corrected chi connectivity index (χ4v) is 3.26. The average Bonchev–Trinajstić information content (AvgIpc) is 2.99. The largest absolute Gasteiger partial charge is 0.465 e. The van der Waals surface area contributed by atoms with Crippen molar-refractivity contribution in [1.82, 2.24) is 0 Å². The maximum Gasteiger partial charge on any atom is 0.337 e. The number of carbonyl (C=O) groups excluding carboxylic acids is 2. The summed E-state index contributed by atoms with van der Waals surface area (Å²) in [6, 6.07) is 11.7. The topological polar surface area (TPSA) is 46.6 Å². The molecule has 1 heterocycles. The third kappa shape index (κ3) is 2.92. The quantitative estimate of drug-likeness (QED) is 0.805. The van der Waals surface area contributed by atoms with Gasteiger partial charge < -0.3 is 9.64 Å². The molecule has 0 spiro atoms. The molecule has 2 aromatic rings. The number of carbonyl (C=O) groups is 2. The zero-order valence-electron chi connectivity index (χ0n) is 14.3. The zero-order valence-corrected chi connectivity index (χ0v) is 14.3. The highest BCUT2D eigenvalue weighted by Crippen LogP contribution is 2.31. The molecule has 0 radical (unpaired) electrons. The van der Waals surface area contributed by atoms with Gasteiger partial charge in [-0.2, -0.15) is 0 Å². The van der Waals surface area contributed by atoms with Crippen LogP contribution in [-0.2, 0) is 9.53 Å². The highest BCUT2D eigenvalue weighted by molar-refractivity contribution is 5.96. The summed E-state index contributed by atoms with van der Waals surface area (Å²) >= 11 is 0. The molecule has 0 aromatic heterocycles. The van der Waals surface area contributed by atoms with Gasteiger partial charge in [0.1, 0.15) is 0 Å². The van der Waals surface area contributed by atoms with E-state index in [0.29, 0.717) is 12.0 Å². The first kappa shape index (κ1) is 16.2. The number of esters is 1. The molecule has 2 aromatic carbocycles. The fraction of sp³-hybridized carbons (Fsp3) is 0.300. The Balaban J connectivity index is 1.94. The number of hydrogen-bond donors (Lipinski definition) is 0. The molecular formula is C20H21NO3. The van der Waals surface area contributed by atoms with Crippen LogP contribution in [0.2, 0.25) is 0 Å². The van der Waals surface area contributed by atoms with Crippen LogP contribution in [0, 0.1) is 13.8 Å². The molecule has 0 aliphatic carbocycles. The molecule has 0 bridgehead atoms. The van der Waals surface area contributed by atoms with Crippen molar-refractivity contribution in [2.45, 2.75) is 26.7 Å². The molecule has 1 aliphatic heterocycles. The third-order valence-electron chi connectivity index (χ3n) is 4.52. The van der Waals surface area contributed by atoms with Gasteiger partial charge in [0.05, 0.1) is 12.7 Å². The van der Waals surface area contributed by atoms with Gasteiger partial charge in [-0.15, -0.1) is 0 Å². The number of rotatable bonds is 3. The Morgan fingerprint density at radius 2 is 1.88 bits per heavy atom. The summed E-state index contributed by atoms with van der Waals surface area (Å²) in [5.74, 6) is -0.131. The minimum atomic E-state index is -0.330. The van der Waals surface area contributed by atoms with Crippen molar-refractivity contribution < 1.29 is 14.3 Å². The minimum Gasteiger partial charge on any atom is -0.465 e. The SMILES string of the molecule is COC(=O)c1ccc(-c2ccc(N3CCCC3=O)c(C)c2)c(C)c1. The van der Waals surface area contributed by atoms with Gasteiger partial charge in [0, 0.05) is 18.7 Å². The number of ether oxygens (including phenoxy) is 1. The molecule has 4 heteroatoms.